The van der Waals surface area contributed by atoms with Crippen LogP contribution in [0.2, 0.25) is 0 Å². The first-order valence-electron chi connectivity index (χ1n) is 6.59. The van der Waals surface area contributed by atoms with Gasteiger partial charge in [0.25, 0.3) is 0 Å². The molecule has 0 bridgehead atoms. The van der Waals surface area contributed by atoms with Gasteiger partial charge in [-0.05, 0) is 32.4 Å². The number of aromatic nitrogens is 3. The highest BCUT2D eigenvalue weighted by molar-refractivity contribution is 5.96. The fourth-order valence-electron chi connectivity index (χ4n) is 2.59. The minimum absolute atomic E-state index is 0.0248. The summed E-state index contributed by atoms with van der Waals surface area (Å²) in [4.78, 5) is 12.1. The fraction of sp³-hybridized carbons (Fsp3) is 0.750. The van der Waals surface area contributed by atoms with Crippen molar-refractivity contribution >= 4 is 5.78 Å². The molecule has 2 aliphatic heterocycles. The molecule has 3 heterocycles. The molecule has 1 aromatic rings. The lowest BCUT2D eigenvalue weighted by Gasteiger charge is -2.22. The first kappa shape index (κ1) is 11.8. The molecular weight excluding hydrogens is 232 g/mol. The highest BCUT2D eigenvalue weighted by Gasteiger charge is 2.27. The number of rotatable bonds is 3. The van der Waals surface area contributed by atoms with Gasteiger partial charge < -0.3 is 10.1 Å². The van der Waals surface area contributed by atoms with E-state index in [1.807, 2.05) is 4.68 Å². The third-order valence-electron chi connectivity index (χ3n) is 3.75. The Kier molecular flexibility index (Phi) is 3.38. The van der Waals surface area contributed by atoms with Gasteiger partial charge in [-0.25, -0.2) is 4.68 Å². The Morgan fingerprint density at radius 3 is 2.94 bits per heavy atom. The van der Waals surface area contributed by atoms with Crippen LogP contribution in [-0.4, -0.2) is 47.1 Å². The Labute approximate surface area is 106 Å². The Hall–Kier alpha value is -1.27. The maximum atomic E-state index is 12.1. The van der Waals surface area contributed by atoms with Crippen LogP contribution < -0.4 is 5.32 Å². The van der Waals surface area contributed by atoms with Crippen LogP contribution in [0.25, 0.3) is 0 Å². The minimum Gasteiger partial charge on any atom is -0.381 e. The molecule has 1 atom stereocenters. The number of Topliss-reactive ketones (excluding diaryl/α,β-unsaturated/α-hetero) is 1. The van der Waals surface area contributed by atoms with Crippen molar-refractivity contribution in [3.05, 3.63) is 11.9 Å². The molecule has 2 saturated heterocycles. The van der Waals surface area contributed by atoms with E-state index < -0.39 is 0 Å². The second-order valence-electron chi connectivity index (χ2n) is 4.99. The zero-order valence-corrected chi connectivity index (χ0v) is 10.3. The molecule has 1 N–H and O–H groups in total. The maximum absolute atomic E-state index is 12.1. The van der Waals surface area contributed by atoms with Crippen LogP contribution in [0.3, 0.4) is 0 Å². The van der Waals surface area contributed by atoms with E-state index >= 15 is 0 Å². The zero-order chi connectivity index (χ0) is 12.4. The standard InChI is InChI=1S/C12H18N4O2/c17-12(9-3-6-18-8-9)11-7-16(15-14-11)10-1-4-13-5-2-10/h7,9-10,13H,1-6,8H2. The van der Waals surface area contributed by atoms with E-state index in [2.05, 4.69) is 15.6 Å². The lowest BCUT2D eigenvalue weighted by atomic mass is 10.0. The molecule has 0 spiro atoms. The molecular formula is C12H18N4O2. The summed E-state index contributed by atoms with van der Waals surface area (Å²) in [6.45, 7) is 3.21. The van der Waals surface area contributed by atoms with Gasteiger partial charge in [0.2, 0.25) is 0 Å². The van der Waals surface area contributed by atoms with Crippen LogP contribution in [-0.2, 0) is 4.74 Å². The molecule has 0 amide bonds. The number of nitrogens with zero attached hydrogens (tertiary/aromatic N) is 3. The monoisotopic (exact) mass is 250 g/mol. The molecule has 6 heteroatoms. The van der Waals surface area contributed by atoms with Crippen LogP contribution in [0.1, 0.15) is 35.8 Å². The molecule has 0 saturated carbocycles. The Morgan fingerprint density at radius 2 is 2.22 bits per heavy atom. The molecule has 0 radical (unpaired) electrons. The number of carbonyl (C=O) groups is 1. The molecule has 2 aliphatic rings. The van der Waals surface area contributed by atoms with Crippen molar-refractivity contribution < 1.29 is 9.53 Å². The van der Waals surface area contributed by atoms with Gasteiger partial charge in [-0.3, -0.25) is 4.79 Å². The highest BCUT2D eigenvalue weighted by Crippen LogP contribution is 2.20. The maximum Gasteiger partial charge on any atom is 0.190 e. The van der Waals surface area contributed by atoms with Crippen LogP contribution in [0.5, 0.6) is 0 Å². The van der Waals surface area contributed by atoms with Gasteiger partial charge in [0.15, 0.2) is 5.78 Å². The van der Waals surface area contributed by atoms with Gasteiger partial charge in [-0.15, -0.1) is 5.10 Å². The van der Waals surface area contributed by atoms with E-state index in [9.17, 15) is 4.79 Å². The Morgan fingerprint density at radius 1 is 1.39 bits per heavy atom. The van der Waals surface area contributed by atoms with Crippen LogP contribution in [0.15, 0.2) is 6.20 Å². The zero-order valence-electron chi connectivity index (χ0n) is 10.3. The number of piperidine rings is 1. The number of hydrogen-bond acceptors (Lipinski definition) is 5. The summed E-state index contributed by atoms with van der Waals surface area (Å²) in [5, 5.41) is 11.4. The normalized spacial score (nSPS) is 25.4. The van der Waals surface area contributed by atoms with Crippen molar-refractivity contribution in [2.75, 3.05) is 26.3 Å². The van der Waals surface area contributed by atoms with Crippen LogP contribution in [0.4, 0.5) is 0 Å². The lowest BCUT2D eigenvalue weighted by molar-refractivity contribution is 0.0895. The van der Waals surface area contributed by atoms with Gasteiger partial charge in [-0.1, -0.05) is 5.21 Å². The summed E-state index contributed by atoms with van der Waals surface area (Å²) < 4.78 is 7.09. The van der Waals surface area contributed by atoms with Crippen molar-refractivity contribution in [1.82, 2.24) is 20.3 Å². The smallest absolute Gasteiger partial charge is 0.190 e. The van der Waals surface area contributed by atoms with E-state index in [0.717, 1.165) is 32.4 Å². The molecule has 1 aromatic heterocycles. The van der Waals surface area contributed by atoms with E-state index in [1.165, 1.54) is 0 Å². The van der Waals surface area contributed by atoms with Gasteiger partial charge in [-0.2, -0.15) is 0 Å². The fourth-order valence-corrected chi connectivity index (χ4v) is 2.59. The van der Waals surface area contributed by atoms with Crippen molar-refractivity contribution in [3.8, 4) is 0 Å². The molecule has 1 unspecified atom stereocenters. The summed E-state index contributed by atoms with van der Waals surface area (Å²) >= 11 is 0. The van der Waals surface area contributed by atoms with E-state index in [4.69, 9.17) is 4.74 Å². The first-order chi connectivity index (χ1) is 8.84. The summed E-state index contributed by atoms with van der Waals surface area (Å²) in [5.74, 6) is 0.0517. The molecule has 3 rings (SSSR count). The second-order valence-corrected chi connectivity index (χ2v) is 4.99. The summed E-state index contributed by atoms with van der Waals surface area (Å²) in [6.07, 6.45) is 4.70. The topological polar surface area (TPSA) is 69.0 Å². The number of hydrogen-bond donors (Lipinski definition) is 1. The van der Waals surface area contributed by atoms with Crippen LogP contribution >= 0.6 is 0 Å². The lowest BCUT2D eigenvalue weighted by Crippen LogP contribution is -2.29. The number of ether oxygens (including phenoxy) is 1. The Balaban J connectivity index is 1.70. The summed E-state index contributed by atoms with van der Waals surface area (Å²) in [6, 6.07) is 0.375. The molecule has 6 nitrogen and oxygen atoms in total. The number of nitrogens with one attached hydrogen (secondary N) is 1. The second kappa shape index (κ2) is 5.16. The first-order valence-corrected chi connectivity index (χ1v) is 6.59. The van der Waals surface area contributed by atoms with Crippen molar-refractivity contribution in [3.63, 3.8) is 0 Å². The van der Waals surface area contributed by atoms with E-state index in [0.29, 0.717) is 24.9 Å². The average molecular weight is 250 g/mol. The third-order valence-corrected chi connectivity index (χ3v) is 3.75. The number of ketones is 1. The predicted molar refractivity (Wildman–Crippen MR) is 64.4 cm³/mol. The van der Waals surface area contributed by atoms with Crippen LogP contribution in [0, 0.1) is 5.92 Å². The minimum atomic E-state index is -0.0248. The largest absolute Gasteiger partial charge is 0.381 e. The molecule has 2 fully saturated rings. The van der Waals surface area contributed by atoms with E-state index in [1.54, 1.807) is 6.20 Å². The van der Waals surface area contributed by atoms with Gasteiger partial charge >= 0.3 is 0 Å². The third kappa shape index (κ3) is 2.30. The molecule has 0 aromatic carbocycles. The molecule has 0 aliphatic carbocycles. The number of carbonyl (C=O) groups excluding carboxylic acids is 1. The average Bonchev–Trinajstić information content (AvgIpc) is 3.10. The quantitative estimate of drug-likeness (QED) is 0.787. The summed E-state index contributed by atoms with van der Waals surface area (Å²) in [5.41, 5.74) is 0.490. The van der Waals surface area contributed by atoms with Crippen molar-refractivity contribution in [1.29, 1.82) is 0 Å². The molecule has 98 valence electrons. The van der Waals surface area contributed by atoms with Crippen molar-refractivity contribution in [2.45, 2.75) is 25.3 Å². The predicted octanol–water partition coefficient (Wildman–Crippen LogP) is 0.422. The highest BCUT2D eigenvalue weighted by atomic mass is 16.5. The van der Waals surface area contributed by atoms with Gasteiger partial charge in [0, 0.05) is 12.5 Å². The Bertz CT molecular complexity index is 419. The SMILES string of the molecule is O=C(c1cn(C2CCNCC2)nn1)C1CCOC1. The van der Waals surface area contributed by atoms with Gasteiger partial charge in [0.05, 0.1) is 18.8 Å². The van der Waals surface area contributed by atoms with E-state index in [-0.39, 0.29) is 11.7 Å². The molecule has 18 heavy (non-hydrogen) atoms. The summed E-state index contributed by atoms with van der Waals surface area (Å²) in [7, 11) is 0. The van der Waals surface area contributed by atoms with Crippen molar-refractivity contribution in [2.24, 2.45) is 5.92 Å². The van der Waals surface area contributed by atoms with Gasteiger partial charge in [0.1, 0.15) is 5.69 Å².